The molecule has 1 heterocycles. The number of amides is 2. The Morgan fingerprint density at radius 1 is 1.18 bits per heavy atom. The van der Waals surface area contributed by atoms with Crippen LogP contribution in [-0.4, -0.2) is 56.0 Å². The molecule has 3 unspecified atom stereocenters. The van der Waals surface area contributed by atoms with Crippen LogP contribution in [0.2, 0.25) is 0 Å². The summed E-state index contributed by atoms with van der Waals surface area (Å²) in [5.41, 5.74) is 0.746. The predicted octanol–water partition coefficient (Wildman–Crippen LogP) is 1.14. The van der Waals surface area contributed by atoms with Gasteiger partial charge in [0.15, 0.2) is 0 Å². The van der Waals surface area contributed by atoms with E-state index in [1.165, 1.54) is 0 Å². The van der Waals surface area contributed by atoms with Crippen LogP contribution in [0.1, 0.15) is 13.3 Å². The van der Waals surface area contributed by atoms with Crippen molar-refractivity contribution in [1.29, 1.82) is 0 Å². The number of aliphatic hydroxyl groups is 1. The third-order valence-electron chi connectivity index (χ3n) is 4.56. The van der Waals surface area contributed by atoms with Gasteiger partial charge in [0.05, 0.1) is 26.0 Å². The molecular formula is C20H29N5O3. The van der Waals surface area contributed by atoms with Crippen molar-refractivity contribution in [2.45, 2.75) is 31.8 Å². The lowest BCUT2D eigenvalue weighted by atomic mass is 10.1. The van der Waals surface area contributed by atoms with Gasteiger partial charge in [-0.05, 0) is 36.2 Å². The number of carbonyl (C=O) groups is 1. The molecule has 0 spiro atoms. The summed E-state index contributed by atoms with van der Waals surface area (Å²) in [6, 6.07) is 13.8. The lowest BCUT2D eigenvalue weighted by Gasteiger charge is -2.36. The Hall–Kier alpha value is -2.23. The molecule has 0 radical (unpaired) electrons. The molecule has 0 bridgehead atoms. The summed E-state index contributed by atoms with van der Waals surface area (Å²) < 4.78 is 5.25. The van der Waals surface area contributed by atoms with E-state index >= 15 is 0 Å². The summed E-state index contributed by atoms with van der Waals surface area (Å²) in [6.45, 7) is 3.65. The molecule has 1 saturated heterocycles. The molecule has 3 rings (SSSR count). The maximum atomic E-state index is 12.4. The number of urea groups is 1. The van der Waals surface area contributed by atoms with E-state index in [1.807, 2.05) is 42.5 Å². The molecule has 1 fully saturated rings. The number of benzene rings is 2. The van der Waals surface area contributed by atoms with Gasteiger partial charge in [0.2, 0.25) is 0 Å². The Bertz CT molecular complexity index is 772. The summed E-state index contributed by atoms with van der Waals surface area (Å²) in [7, 11) is 0. The van der Waals surface area contributed by atoms with E-state index in [0.29, 0.717) is 19.8 Å². The van der Waals surface area contributed by atoms with Crippen molar-refractivity contribution in [3.63, 3.8) is 0 Å². The molecule has 8 nitrogen and oxygen atoms in total. The highest BCUT2D eigenvalue weighted by atomic mass is 16.5. The number of aliphatic hydroxyl groups excluding tert-OH is 1. The Kier molecular flexibility index (Phi) is 7.58. The number of anilines is 1. The van der Waals surface area contributed by atoms with Crippen molar-refractivity contribution < 1.29 is 14.6 Å². The second-order valence-electron chi connectivity index (χ2n) is 6.91. The number of rotatable bonds is 8. The van der Waals surface area contributed by atoms with E-state index in [-0.39, 0.29) is 31.1 Å². The topological polar surface area (TPSA) is 107 Å². The highest BCUT2D eigenvalue weighted by molar-refractivity contribution is 5.93. The normalized spacial score (nSPS) is 22.1. The van der Waals surface area contributed by atoms with Gasteiger partial charge >= 0.3 is 6.03 Å². The first-order valence-corrected chi connectivity index (χ1v) is 9.64. The van der Waals surface area contributed by atoms with E-state index in [4.69, 9.17) is 9.84 Å². The fraction of sp³-hybridized carbons (Fsp3) is 0.450. The minimum Gasteiger partial charge on any atom is -0.394 e. The van der Waals surface area contributed by atoms with Crippen molar-refractivity contribution in [1.82, 2.24) is 21.3 Å². The van der Waals surface area contributed by atoms with Crippen LogP contribution < -0.4 is 26.6 Å². The first-order chi connectivity index (χ1) is 13.6. The fourth-order valence-corrected chi connectivity index (χ4v) is 3.29. The Morgan fingerprint density at radius 2 is 2.00 bits per heavy atom. The van der Waals surface area contributed by atoms with E-state index in [1.54, 1.807) is 0 Å². The van der Waals surface area contributed by atoms with Crippen LogP contribution in [0.5, 0.6) is 0 Å². The number of ether oxygens (including phenoxy) is 1. The minimum atomic E-state index is -0.347. The first kappa shape index (κ1) is 20.5. The highest BCUT2D eigenvalue weighted by Crippen LogP contribution is 2.18. The zero-order valence-corrected chi connectivity index (χ0v) is 16.1. The number of hydrogen-bond donors (Lipinski definition) is 6. The molecule has 6 N–H and O–H groups in total. The molecule has 1 aliphatic heterocycles. The van der Waals surface area contributed by atoms with Gasteiger partial charge in [-0.2, -0.15) is 0 Å². The molecule has 28 heavy (non-hydrogen) atoms. The smallest absolute Gasteiger partial charge is 0.321 e. The lowest BCUT2D eigenvalue weighted by Crippen LogP contribution is -2.67. The molecule has 1 aliphatic rings. The molecule has 152 valence electrons. The maximum Gasteiger partial charge on any atom is 0.321 e. The summed E-state index contributed by atoms with van der Waals surface area (Å²) in [4.78, 5) is 12.4. The number of hydrogen-bond acceptors (Lipinski definition) is 6. The zero-order valence-electron chi connectivity index (χ0n) is 16.1. The highest BCUT2D eigenvalue weighted by Gasteiger charge is 2.25. The molecular weight excluding hydrogens is 358 g/mol. The average molecular weight is 387 g/mol. The zero-order chi connectivity index (χ0) is 19.8. The largest absolute Gasteiger partial charge is 0.394 e. The van der Waals surface area contributed by atoms with Gasteiger partial charge in [-0.15, -0.1) is 0 Å². The van der Waals surface area contributed by atoms with Gasteiger partial charge in [-0.3, -0.25) is 16.0 Å². The molecule has 8 heteroatoms. The van der Waals surface area contributed by atoms with E-state index in [0.717, 1.165) is 22.9 Å². The van der Waals surface area contributed by atoms with Gasteiger partial charge in [0.25, 0.3) is 0 Å². The van der Waals surface area contributed by atoms with Gasteiger partial charge in [-0.25, -0.2) is 4.79 Å². The van der Waals surface area contributed by atoms with Crippen LogP contribution in [0.4, 0.5) is 10.5 Å². The van der Waals surface area contributed by atoms with Gasteiger partial charge in [0, 0.05) is 18.3 Å². The Balaban J connectivity index is 1.48. The van der Waals surface area contributed by atoms with Gasteiger partial charge < -0.3 is 20.5 Å². The van der Waals surface area contributed by atoms with Crippen LogP contribution >= 0.6 is 0 Å². The standard InChI is InChI=1S/C20H29N5O3/c1-14-12-18(21-8-10-28-11-9-26)24-19(22-14)25-20(27)23-17-7-6-15-4-2-3-5-16(15)13-17/h2-7,13-14,18-19,21-22,24,26H,8-12H2,1H3,(H2,23,25,27). The van der Waals surface area contributed by atoms with Crippen molar-refractivity contribution in [3.05, 3.63) is 42.5 Å². The predicted molar refractivity (Wildman–Crippen MR) is 110 cm³/mol. The van der Waals surface area contributed by atoms with Crippen LogP contribution in [0.15, 0.2) is 42.5 Å². The molecule has 2 amide bonds. The number of nitrogens with one attached hydrogen (secondary N) is 5. The maximum absolute atomic E-state index is 12.4. The summed E-state index contributed by atoms with van der Waals surface area (Å²) >= 11 is 0. The van der Waals surface area contributed by atoms with Crippen LogP contribution in [-0.2, 0) is 4.74 Å². The van der Waals surface area contributed by atoms with Crippen molar-refractivity contribution in [2.75, 3.05) is 31.7 Å². The van der Waals surface area contributed by atoms with Crippen LogP contribution in [0.3, 0.4) is 0 Å². The average Bonchev–Trinajstić information content (AvgIpc) is 2.67. The third kappa shape index (κ3) is 6.15. The Labute approximate surface area is 165 Å². The molecule has 2 aromatic rings. The quantitative estimate of drug-likeness (QED) is 0.380. The van der Waals surface area contributed by atoms with E-state index < -0.39 is 0 Å². The van der Waals surface area contributed by atoms with E-state index in [9.17, 15) is 4.79 Å². The van der Waals surface area contributed by atoms with Crippen molar-refractivity contribution in [2.24, 2.45) is 0 Å². The van der Waals surface area contributed by atoms with Crippen molar-refractivity contribution in [3.8, 4) is 0 Å². The molecule has 0 aliphatic carbocycles. The third-order valence-corrected chi connectivity index (χ3v) is 4.56. The molecule has 3 atom stereocenters. The fourth-order valence-electron chi connectivity index (χ4n) is 3.29. The monoisotopic (exact) mass is 387 g/mol. The SMILES string of the molecule is CC1CC(NCCOCCO)NC(NC(=O)Nc2ccc3ccccc3c2)N1. The summed E-state index contributed by atoms with van der Waals surface area (Å²) in [5, 5.41) is 26.7. The Morgan fingerprint density at radius 3 is 2.82 bits per heavy atom. The molecule has 2 aromatic carbocycles. The summed E-state index contributed by atoms with van der Waals surface area (Å²) in [5.74, 6) is 0. The van der Waals surface area contributed by atoms with Crippen molar-refractivity contribution >= 4 is 22.5 Å². The second kappa shape index (κ2) is 10.4. The second-order valence-corrected chi connectivity index (χ2v) is 6.91. The molecule has 0 saturated carbocycles. The van der Waals surface area contributed by atoms with Crippen LogP contribution in [0, 0.1) is 0 Å². The van der Waals surface area contributed by atoms with E-state index in [2.05, 4.69) is 33.5 Å². The minimum absolute atomic E-state index is 0.0287. The van der Waals surface area contributed by atoms with Crippen LogP contribution in [0.25, 0.3) is 10.8 Å². The lowest BCUT2D eigenvalue weighted by molar-refractivity contribution is 0.0890. The summed E-state index contributed by atoms with van der Waals surface area (Å²) in [6.07, 6.45) is 0.588. The van der Waals surface area contributed by atoms with Gasteiger partial charge in [-0.1, -0.05) is 30.3 Å². The first-order valence-electron chi connectivity index (χ1n) is 9.64. The van der Waals surface area contributed by atoms with Gasteiger partial charge in [0.1, 0.15) is 6.29 Å². The molecule has 0 aromatic heterocycles. The number of carbonyl (C=O) groups excluding carboxylic acids is 1. The number of fused-ring (bicyclic) bond motifs is 1.